The van der Waals surface area contributed by atoms with Gasteiger partial charge in [0.1, 0.15) is 6.61 Å². The van der Waals surface area contributed by atoms with Gasteiger partial charge in [-0.2, -0.15) is 0 Å². The zero-order valence-corrected chi connectivity index (χ0v) is 38.1. The van der Waals surface area contributed by atoms with Crippen LogP contribution in [0.3, 0.4) is 0 Å². The number of hydrogen-bond donors (Lipinski definition) is 0. The van der Waals surface area contributed by atoms with Gasteiger partial charge in [0.05, 0.1) is 13.2 Å². The van der Waals surface area contributed by atoms with E-state index in [1.54, 1.807) is 0 Å². The molecule has 0 saturated heterocycles. The molecule has 0 fully saturated rings. The second kappa shape index (κ2) is 41.4. The Hall–Kier alpha value is -0.250. The van der Waals surface area contributed by atoms with Crippen LogP contribution in [0.15, 0.2) is 12.2 Å². The molecule has 11 heteroatoms. The van der Waals surface area contributed by atoms with Gasteiger partial charge in [-0.1, -0.05) is 161 Å². The molecule has 0 aromatic carbocycles. The minimum Gasteiger partial charge on any atom is -0.756 e. The molecule has 308 valence electrons. The summed E-state index contributed by atoms with van der Waals surface area (Å²) in [5.74, 6) is -0.837. The van der Waals surface area contributed by atoms with Gasteiger partial charge in [-0.15, -0.1) is 0 Å². The summed E-state index contributed by atoms with van der Waals surface area (Å²) < 4.78 is 33.2. The number of phosphoric ester groups is 1. The van der Waals surface area contributed by atoms with E-state index in [2.05, 4.69) is 26.0 Å². The number of carbonyl (C=O) groups excluding carboxylic acids is 2. The van der Waals surface area contributed by atoms with Gasteiger partial charge in [0.2, 0.25) is 0 Å². The molecule has 0 heterocycles. The van der Waals surface area contributed by atoms with Crippen molar-refractivity contribution in [2.45, 2.75) is 207 Å². The summed E-state index contributed by atoms with van der Waals surface area (Å²) >= 11 is 0. The number of rotatable bonds is 40. The molecule has 0 radical (unpaired) electrons. The Morgan fingerprint density at radius 3 is 1.47 bits per heavy atom. The van der Waals surface area contributed by atoms with E-state index in [4.69, 9.17) is 18.5 Å². The van der Waals surface area contributed by atoms with E-state index >= 15 is 0 Å². The minimum atomic E-state index is -4.61. The number of ether oxygens (including phenoxy) is 2. The quantitative estimate of drug-likeness (QED) is 0.0199. The third kappa shape index (κ3) is 41.2. The van der Waals surface area contributed by atoms with Crippen molar-refractivity contribution in [3.05, 3.63) is 12.2 Å². The van der Waals surface area contributed by atoms with E-state index in [-0.39, 0.29) is 61.6 Å². The second-order valence-electron chi connectivity index (χ2n) is 14.6. The molecule has 0 aromatic heterocycles. The number of hydrogen-bond acceptors (Lipinski definition) is 9. The predicted octanol–water partition coefficient (Wildman–Crippen LogP) is 8.42. The smallest absolute Gasteiger partial charge is 0.756 e. The molecule has 0 aliphatic heterocycles. The summed E-state index contributed by atoms with van der Waals surface area (Å²) in [4.78, 5) is 39.3. The molecule has 2 atom stereocenters. The number of phosphoric acid groups is 1. The third-order valence-electron chi connectivity index (χ3n) is 9.54. The summed E-state index contributed by atoms with van der Waals surface area (Å²) in [5, 5.41) is 0. The van der Waals surface area contributed by atoms with Gasteiger partial charge in [-0.3, -0.25) is 14.2 Å². The second-order valence-corrected chi connectivity index (χ2v) is 16.0. The molecule has 0 amide bonds. The number of nitrogens with zero attached hydrogens (tertiary/aromatic N) is 1. The summed E-state index contributed by atoms with van der Waals surface area (Å²) in [6, 6.07) is 0. The van der Waals surface area contributed by atoms with Gasteiger partial charge in [-0.25, -0.2) is 0 Å². The van der Waals surface area contributed by atoms with E-state index < -0.39 is 26.5 Å². The van der Waals surface area contributed by atoms with Crippen LogP contribution < -0.4 is 34.5 Å². The Morgan fingerprint density at radius 1 is 0.604 bits per heavy atom. The minimum absolute atomic E-state index is 0. The molecular formula is C42H81NNaO8P. The number of likely N-dealkylation sites (N-methyl/N-ethyl adjacent to an activating group) is 1. The Morgan fingerprint density at radius 2 is 1.02 bits per heavy atom. The van der Waals surface area contributed by atoms with Gasteiger partial charge in [0.15, 0.2) is 6.10 Å². The first-order valence-electron chi connectivity index (χ1n) is 21.5. The van der Waals surface area contributed by atoms with Crippen molar-refractivity contribution < 1.29 is 67.1 Å². The van der Waals surface area contributed by atoms with E-state index in [1.165, 1.54) is 109 Å². The molecule has 2 unspecified atom stereocenters. The Balaban J connectivity index is 0. The predicted molar refractivity (Wildman–Crippen MR) is 213 cm³/mol. The first-order valence-corrected chi connectivity index (χ1v) is 23.0. The first-order chi connectivity index (χ1) is 25.2. The van der Waals surface area contributed by atoms with Crippen molar-refractivity contribution in [3.63, 3.8) is 0 Å². The largest absolute Gasteiger partial charge is 1.00 e. The van der Waals surface area contributed by atoms with Crippen LogP contribution in [0.25, 0.3) is 0 Å². The molecule has 0 aliphatic rings. The first kappa shape index (κ1) is 54.8. The van der Waals surface area contributed by atoms with Crippen molar-refractivity contribution in [3.8, 4) is 0 Å². The molecular weight excluding hydrogens is 700 g/mol. The zero-order valence-electron chi connectivity index (χ0n) is 35.2. The summed E-state index contributed by atoms with van der Waals surface area (Å²) in [6.07, 6.45) is 35.1. The molecule has 0 aliphatic carbocycles. The van der Waals surface area contributed by atoms with E-state index in [9.17, 15) is 19.0 Å². The summed E-state index contributed by atoms with van der Waals surface area (Å²) in [6.45, 7) is 6.88. The molecule has 9 nitrogen and oxygen atoms in total. The van der Waals surface area contributed by atoms with Crippen LogP contribution in [-0.4, -0.2) is 62.9 Å². The number of unbranched alkanes of at least 4 members (excludes halogenated alkanes) is 23. The van der Waals surface area contributed by atoms with Gasteiger partial charge in [0, 0.05) is 19.4 Å². The SMILES string of the molecule is CCCCCCCC/C=C\CCCCCCCC(=O)OC(COC(=O)CCCCCCCCCCCCCCC)COP(=O)([O-])OCCN(C)CC.[Na+]. The average Bonchev–Trinajstić information content (AvgIpc) is 3.12. The fraction of sp³-hybridized carbons (Fsp3) is 0.905. The van der Waals surface area contributed by atoms with Crippen molar-refractivity contribution in [1.82, 2.24) is 4.90 Å². The standard InChI is InChI=1S/C42H82NO8P.Na/c1-5-8-10-12-14-16-18-20-21-23-25-27-29-31-33-35-42(45)51-40(39-50-52(46,47)49-37-36-43(4)7-3)38-48-41(44)34-32-30-28-26-24-22-19-17-15-13-11-9-6-2;/h20-21,40H,5-19,22-39H2,1-4H3,(H,46,47);/q;+1/p-1/b21-20-;. The fourth-order valence-electron chi connectivity index (χ4n) is 5.92. The van der Waals surface area contributed by atoms with E-state index in [1.807, 2.05) is 18.9 Å². The monoisotopic (exact) mass is 782 g/mol. The number of esters is 2. The molecule has 53 heavy (non-hydrogen) atoms. The fourth-order valence-corrected chi connectivity index (χ4v) is 6.65. The van der Waals surface area contributed by atoms with Crippen LogP contribution in [0.1, 0.15) is 201 Å². The molecule has 0 bridgehead atoms. The zero-order chi connectivity index (χ0) is 38.4. The van der Waals surface area contributed by atoms with Crippen molar-refractivity contribution in [2.75, 3.05) is 40.0 Å². The topological polar surface area (TPSA) is 114 Å². The van der Waals surface area contributed by atoms with E-state index in [0.29, 0.717) is 13.0 Å². The van der Waals surface area contributed by atoms with Gasteiger partial charge < -0.3 is 28.3 Å². The van der Waals surface area contributed by atoms with Crippen molar-refractivity contribution >= 4 is 19.8 Å². The van der Waals surface area contributed by atoms with Gasteiger partial charge in [-0.05, 0) is 52.1 Å². The van der Waals surface area contributed by atoms with Crippen molar-refractivity contribution in [2.24, 2.45) is 0 Å². The Bertz CT molecular complexity index is 893. The Labute approximate surface area is 348 Å². The van der Waals surface area contributed by atoms with Crippen LogP contribution in [0.2, 0.25) is 0 Å². The van der Waals surface area contributed by atoms with Gasteiger partial charge in [0.25, 0.3) is 7.82 Å². The van der Waals surface area contributed by atoms with Crippen LogP contribution in [0, 0.1) is 0 Å². The van der Waals surface area contributed by atoms with Gasteiger partial charge >= 0.3 is 41.5 Å². The molecule has 0 N–H and O–H groups in total. The van der Waals surface area contributed by atoms with Crippen LogP contribution >= 0.6 is 7.82 Å². The maximum absolute atomic E-state index is 12.6. The normalized spacial score (nSPS) is 13.2. The third-order valence-corrected chi connectivity index (χ3v) is 10.5. The number of carbonyl (C=O) groups is 2. The van der Waals surface area contributed by atoms with Crippen LogP contribution in [0.4, 0.5) is 0 Å². The Kier molecular flexibility index (Phi) is 42.8. The van der Waals surface area contributed by atoms with E-state index in [0.717, 1.165) is 57.9 Å². The van der Waals surface area contributed by atoms with Crippen LogP contribution in [0.5, 0.6) is 0 Å². The van der Waals surface area contributed by atoms with Crippen LogP contribution in [-0.2, 0) is 32.7 Å². The average molecular weight is 782 g/mol. The maximum atomic E-state index is 12.6. The molecule has 0 spiro atoms. The number of allylic oxidation sites excluding steroid dienone is 2. The summed E-state index contributed by atoms with van der Waals surface area (Å²) in [5.41, 5.74) is 0. The maximum Gasteiger partial charge on any atom is 1.00 e. The molecule has 0 aromatic rings. The summed E-state index contributed by atoms with van der Waals surface area (Å²) in [7, 11) is -2.76. The van der Waals surface area contributed by atoms with Crippen molar-refractivity contribution in [1.29, 1.82) is 0 Å². The molecule has 0 rings (SSSR count). The molecule has 0 saturated carbocycles.